The van der Waals surface area contributed by atoms with Crippen LogP contribution < -0.4 is 5.32 Å². The molecule has 0 bridgehead atoms. The monoisotopic (exact) mass is 204 g/mol. The lowest BCUT2D eigenvalue weighted by Crippen LogP contribution is -2.29. The number of nitrogens with zero attached hydrogens (tertiary/aromatic N) is 1. The fraction of sp³-hybridized carbons (Fsp3) is 0.462. The highest BCUT2D eigenvalue weighted by atomic mass is 14.9. The van der Waals surface area contributed by atoms with Gasteiger partial charge in [-0.2, -0.15) is 0 Å². The summed E-state index contributed by atoms with van der Waals surface area (Å²) in [6.45, 7) is 7.39. The van der Waals surface area contributed by atoms with Crippen molar-refractivity contribution < 1.29 is 0 Å². The minimum atomic E-state index is 0.421. The molecule has 0 aromatic carbocycles. The molecule has 1 rings (SSSR count). The summed E-state index contributed by atoms with van der Waals surface area (Å²) in [6, 6.07) is 4.53. The van der Waals surface area contributed by atoms with E-state index in [0.29, 0.717) is 6.04 Å². The Kier molecular flexibility index (Phi) is 5.05. The predicted octanol–water partition coefficient (Wildman–Crippen LogP) is 2.57. The second-order valence-electron chi connectivity index (χ2n) is 3.97. The second-order valence-corrected chi connectivity index (χ2v) is 3.97. The lowest BCUT2D eigenvalue weighted by molar-refractivity contribution is 0.608. The Bertz CT molecular complexity index is 300. The maximum Gasteiger partial charge on any atom is 0.0300 e. The van der Waals surface area contributed by atoms with Crippen molar-refractivity contribution in [3.63, 3.8) is 0 Å². The molecule has 0 aliphatic rings. The van der Waals surface area contributed by atoms with Crippen molar-refractivity contribution in [1.82, 2.24) is 10.3 Å². The first-order valence-corrected chi connectivity index (χ1v) is 5.49. The van der Waals surface area contributed by atoms with Gasteiger partial charge in [0.05, 0.1) is 0 Å². The van der Waals surface area contributed by atoms with Crippen LogP contribution in [0, 0.1) is 0 Å². The summed E-state index contributed by atoms with van der Waals surface area (Å²) < 4.78 is 0. The number of allylic oxidation sites excluding steroid dienone is 1. The highest BCUT2D eigenvalue weighted by molar-refractivity contribution is 5.14. The molecule has 0 fully saturated rings. The highest BCUT2D eigenvalue weighted by Gasteiger charge is 2.04. The number of nitrogens with one attached hydrogen (secondary N) is 1. The van der Waals surface area contributed by atoms with Gasteiger partial charge < -0.3 is 5.32 Å². The maximum atomic E-state index is 4.13. The molecule has 15 heavy (non-hydrogen) atoms. The largest absolute Gasteiger partial charge is 0.310 e. The number of rotatable bonds is 5. The SMILES string of the molecule is CCNC(C=C(C)C)Cc1cccnc1. The van der Waals surface area contributed by atoms with Crippen LogP contribution in [-0.4, -0.2) is 17.6 Å². The Balaban J connectivity index is 2.63. The second kappa shape index (κ2) is 6.36. The summed E-state index contributed by atoms with van der Waals surface area (Å²) in [5, 5.41) is 3.46. The molecule has 1 atom stereocenters. The van der Waals surface area contributed by atoms with Crippen molar-refractivity contribution in [2.75, 3.05) is 6.54 Å². The standard InChI is InChI=1S/C13H20N2/c1-4-15-13(8-11(2)3)9-12-6-5-7-14-10-12/h5-8,10,13,15H,4,9H2,1-3H3. The van der Waals surface area contributed by atoms with Crippen molar-refractivity contribution in [2.24, 2.45) is 0 Å². The van der Waals surface area contributed by atoms with Gasteiger partial charge in [0.15, 0.2) is 0 Å². The molecule has 0 amide bonds. The molecule has 1 unspecified atom stereocenters. The van der Waals surface area contributed by atoms with Gasteiger partial charge in [0.2, 0.25) is 0 Å². The molecule has 1 heterocycles. The number of aromatic nitrogens is 1. The van der Waals surface area contributed by atoms with Crippen LogP contribution in [0.15, 0.2) is 36.2 Å². The molecule has 0 aliphatic carbocycles. The van der Waals surface area contributed by atoms with E-state index < -0.39 is 0 Å². The van der Waals surface area contributed by atoms with Crippen LogP contribution >= 0.6 is 0 Å². The Hall–Kier alpha value is -1.15. The van der Waals surface area contributed by atoms with Gasteiger partial charge in [-0.3, -0.25) is 4.98 Å². The van der Waals surface area contributed by atoms with Gasteiger partial charge in [-0.1, -0.05) is 24.6 Å². The fourth-order valence-corrected chi connectivity index (χ4v) is 1.63. The third kappa shape index (κ3) is 4.75. The van der Waals surface area contributed by atoms with Crippen molar-refractivity contribution in [3.05, 3.63) is 41.7 Å². The zero-order valence-electron chi connectivity index (χ0n) is 9.83. The average Bonchev–Trinajstić information content (AvgIpc) is 2.18. The van der Waals surface area contributed by atoms with Crippen LogP contribution in [0.25, 0.3) is 0 Å². The van der Waals surface area contributed by atoms with Gasteiger partial charge in [-0.05, 0) is 38.4 Å². The molecule has 0 saturated carbocycles. The summed E-state index contributed by atoms with van der Waals surface area (Å²) >= 11 is 0. The van der Waals surface area contributed by atoms with E-state index in [2.05, 4.69) is 43.2 Å². The van der Waals surface area contributed by atoms with Crippen molar-refractivity contribution in [3.8, 4) is 0 Å². The smallest absolute Gasteiger partial charge is 0.0300 e. The highest BCUT2D eigenvalue weighted by Crippen LogP contribution is 2.04. The molecule has 1 aromatic heterocycles. The molecule has 0 aliphatic heterocycles. The number of pyridine rings is 1. The molecular weight excluding hydrogens is 184 g/mol. The van der Waals surface area contributed by atoms with E-state index >= 15 is 0 Å². The fourth-order valence-electron chi connectivity index (χ4n) is 1.63. The van der Waals surface area contributed by atoms with Crippen LogP contribution in [-0.2, 0) is 6.42 Å². The molecule has 0 radical (unpaired) electrons. The summed E-state index contributed by atoms with van der Waals surface area (Å²) in [4.78, 5) is 4.13. The zero-order chi connectivity index (χ0) is 11.1. The summed E-state index contributed by atoms with van der Waals surface area (Å²) in [7, 11) is 0. The molecule has 2 heteroatoms. The zero-order valence-corrected chi connectivity index (χ0v) is 9.83. The van der Waals surface area contributed by atoms with Crippen molar-refractivity contribution in [2.45, 2.75) is 33.2 Å². The van der Waals surface area contributed by atoms with Crippen LogP contribution in [0.1, 0.15) is 26.3 Å². The van der Waals surface area contributed by atoms with Gasteiger partial charge in [0.25, 0.3) is 0 Å². The Morgan fingerprint density at radius 2 is 2.33 bits per heavy atom. The van der Waals surface area contributed by atoms with Gasteiger partial charge in [0.1, 0.15) is 0 Å². The van der Waals surface area contributed by atoms with E-state index in [-0.39, 0.29) is 0 Å². The Morgan fingerprint density at radius 1 is 1.53 bits per heavy atom. The summed E-state index contributed by atoms with van der Waals surface area (Å²) in [5.74, 6) is 0. The topological polar surface area (TPSA) is 24.9 Å². The molecule has 0 saturated heterocycles. The molecule has 1 aromatic rings. The number of likely N-dealkylation sites (N-methyl/N-ethyl adjacent to an activating group) is 1. The molecule has 82 valence electrons. The van der Waals surface area contributed by atoms with E-state index in [4.69, 9.17) is 0 Å². The van der Waals surface area contributed by atoms with Crippen molar-refractivity contribution in [1.29, 1.82) is 0 Å². The third-order valence-electron chi connectivity index (χ3n) is 2.18. The molecule has 1 N–H and O–H groups in total. The predicted molar refractivity (Wildman–Crippen MR) is 64.8 cm³/mol. The molecule has 0 spiro atoms. The lowest BCUT2D eigenvalue weighted by Gasteiger charge is -2.14. The van der Waals surface area contributed by atoms with E-state index in [1.807, 2.05) is 18.5 Å². The van der Waals surface area contributed by atoms with Gasteiger partial charge >= 0.3 is 0 Å². The average molecular weight is 204 g/mol. The maximum absolute atomic E-state index is 4.13. The van der Waals surface area contributed by atoms with Crippen molar-refractivity contribution >= 4 is 0 Å². The first-order chi connectivity index (χ1) is 7.22. The van der Waals surface area contributed by atoms with Gasteiger partial charge in [-0.25, -0.2) is 0 Å². The summed E-state index contributed by atoms with van der Waals surface area (Å²) in [5.41, 5.74) is 2.63. The third-order valence-corrected chi connectivity index (χ3v) is 2.18. The van der Waals surface area contributed by atoms with Crippen LogP contribution in [0.5, 0.6) is 0 Å². The molecular formula is C13H20N2. The normalized spacial score (nSPS) is 12.2. The first kappa shape index (κ1) is 11.9. The molecule has 2 nitrogen and oxygen atoms in total. The summed E-state index contributed by atoms with van der Waals surface area (Å²) in [6.07, 6.45) is 7.03. The van der Waals surface area contributed by atoms with Gasteiger partial charge in [-0.15, -0.1) is 0 Å². The van der Waals surface area contributed by atoms with Crippen LogP contribution in [0.4, 0.5) is 0 Å². The number of hydrogen-bond acceptors (Lipinski definition) is 2. The lowest BCUT2D eigenvalue weighted by atomic mass is 10.1. The quantitative estimate of drug-likeness (QED) is 0.746. The van der Waals surface area contributed by atoms with E-state index in [9.17, 15) is 0 Å². The van der Waals surface area contributed by atoms with Crippen LogP contribution in [0.2, 0.25) is 0 Å². The van der Waals surface area contributed by atoms with E-state index in [1.165, 1.54) is 11.1 Å². The van der Waals surface area contributed by atoms with Crippen LogP contribution in [0.3, 0.4) is 0 Å². The minimum absolute atomic E-state index is 0.421. The first-order valence-electron chi connectivity index (χ1n) is 5.49. The minimum Gasteiger partial charge on any atom is -0.310 e. The Labute approximate surface area is 92.4 Å². The van der Waals surface area contributed by atoms with Gasteiger partial charge in [0, 0.05) is 18.4 Å². The Morgan fingerprint density at radius 3 is 2.87 bits per heavy atom. The number of hydrogen-bond donors (Lipinski definition) is 1. The van der Waals surface area contributed by atoms with E-state index in [1.54, 1.807) is 0 Å². The van der Waals surface area contributed by atoms with E-state index in [0.717, 1.165) is 13.0 Å².